The Hall–Kier alpha value is -3.88. The maximum absolute atomic E-state index is 12.8. The third kappa shape index (κ3) is 5.98. The van der Waals surface area contributed by atoms with Crippen LogP contribution in [0.2, 0.25) is 0 Å². The lowest BCUT2D eigenvalue weighted by Gasteiger charge is -2.25. The number of carboxylic acids is 1. The first-order valence-corrected chi connectivity index (χ1v) is 11.5. The van der Waals surface area contributed by atoms with Crippen LogP contribution in [0.1, 0.15) is 43.7 Å². The number of ether oxygens (including phenoxy) is 2. The van der Waals surface area contributed by atoms with Crippen LogP contribution in [0.25, 0.3) is 11.1 Å². The molecule has 0 aliphatic heterocycles. The SMILES string of the molecule is CCC(C)C(NC(=O)C(CC(=O)O)NC(=O)OCC1c2ccccc2-c2ccccc21)C(=O)OC. The number of fused-ring (bicyclic) bond motifs is 3. The minimum atomic E-state index is -1.43. The number of esters is 1. The first-order chi connectivity index (χ1) is 16.8. The zero-order valence-electron chi connectivity index (χ0n) is 19.9. The molecule has 0 aromatic heterocycles. The van der Waals surface area contributed by atoms with Crippen LogP contribution in [0.4, 0.5) is 4.79 Å². The van der Waals surface area contributed by atoms with Gasteiger partial charge in [-0.2, -0.15) is 0 Å². The van der Waals surface area contributed by atoms with Crippen molar-refractivity contribution in [3.63, 3.8) is 0 Å². The second-order valence-corrected chi connectivity index (χ2v) is 8.52. The summed E-state index contributed by atoms with van der Waals surface area (Å²) in [5.41, 5.74) is 4.19. The van der Waals surface area contributed by atoms with Gasteiger partial charge < -0.3 is 25.2 Å². The Balaban J connectivity index is 1.69. The Labute approximate surface area is 203 Å². The number of amides is 2. The van der Waals surface area contributed by atoms with Crippen LogP contribution >= 0.6 is 0 Å². The molecule has 0 saturated carbocycles. The number of carboxylic acid groups (broad SMARTS) is 1. The highest BCUT2D eigenvalue weighted by molar-refractivity contribution is 5.92. The quantitative estimate of drug-likeness (QED) is 0.444. The van der Waals surface area contributed by atoms with Crippen LogP contribution in [0, 0.1) is 5.92 Å². The molecular weight excluding hydrogens is 452 g/mol. The van der Waals surface area contributed by atoms with E-state index < -0.39 is 42.4 Å². The molecule has 1 aliphatic rings. The molecule has 9 heteroatoms. The molecule has 3 rings (SSSR count). The molecule has 186 valence electrons. The smallest absolute Gasteiger partial charge is 0.407 e. The fourth-order valence-electron chi connectivity index (χ4n) is 4.22. The van der Waals surface area contributed by atoms with Crippen molar-refractivity contribution in [1.29, 1.82) is 0 Å². The Morgan fingerprint density at radius 2 is 1.54 bits per heavy atom. The first kappa shape index (κ1) is 25.7. The van der Waals surface area contributed by atoms with Crippen molar-refractivity contribution >= 4 is 23.9 Å². The number of hydrogen-bond donors (Lipinski definition) is 3. The Morgan fingerprint density at radius 1 is 0.971 bits per heavy atom. The Bertz CT molecular complexity index is 1060. The number of alkyl carbamates (subject to hydrolysis) is 1. The van der Waals surface area contributed by atoms with Gasteiger partial charge in [0.1, 0.15) is 18.7 Å². The maximum Gasteiger partial charge on any atom is 0.407 e. The van der Waals surface area contributed by atoms with Gasteiger partial charge in [0.2, 0.25) is 5.91 Å². The number of carbonyl (C=O) groups is 4. The van der Waals surface area contributed by atoms with E-state index in [9.17, 15) is 24.3 Å². The molecule has 3 N–H and O–H groups in total. The molecule has 0 bridgehead atoms. The minimum Gasteiger partial charge on any atom is -0.481 e. The van der Waals surface area contributed by atoms with Gasteiger partial charge in [-0.25, -0.2) is 9.59 Å². The van der Waals surface area contributed by atoms with E-state index in [4.69, 9.17) is 9.47 Å². The standard InChI is InChI=1S/C26H30N2O7/c1-4-15(2)23(25(32)34-3)28-24(31)21(13-22(29)30)27-26(33)35-14-20-18-11-7-5-9-16(18)17-10-6-8-12-19(17)20/h5-12,15,20-21,23H,4,13-14H2,1-3H3,(H,27,33)(H,28,31)(H,29,30). The predicted octanol–water partition coefficient (Wildman–Crippen LogP) is 3.07. The summed E-state index contributed by atoms with van der Waals surface area (Å²) in [5, 5.41) is 14.1. The Morgan fingerprint density at radius 3 is 2.06 bits per heavy atom. The summed E-state index contributed by atoms with van der Waals surface area (Å²) in [4.78, 5) is 48.8. The number of methoxy groups -OCH3 is 1. The molecule has 2 amide bonds. The molecule has 35 heavy (non-hydrogen) atoms. The van der Waals surface area contributed by atoms with E-state index in [1.165, 1.54) is 7.11 Å². The molecule has 3 atom stereocenters. The molecule has 0 fully saturated rings. The van der Waals surface area contributed by atoms with E-state index in [-0.39, 0.29) is 18.4 Å². The fraction of sp³-hybridized carbons (Fsp3) is 0.385. The van der Waals surface area contributed by atoms with Crippen LogP contribution in [0.3, 0.4) is 0 Å². The van der Waals surface area contributed by atoms with Crippen molar-refractivity contribution in [3.05, 3.63) is 59.7 Å². The topological polar surface area (TPSA) is 131 Å². The van der Waals surface area contributed by atoms with Crippen LogP contribution in [-0.4, -0.2) is 54.8 Å². The number of carbonyl (C=O) groups excluding carboxylic acids is 3. The molecule has 0 spiro atoms. The largest absolute Gasteiger partial charge is 0.481 e. The molecule has 2 aromatic rings. The lowest BCUT2D eigenvalue weighted by Crippen LogP contribution is -2.54. The van der Waals surface area contributed by atoms with Crippen LogP contribution in [0.15, 0.2) is 48.5 Å². The second-order valence-electron chi connectivity index (χ2n) is 8.52. The summed E-state index contributed by atoms with van der Waals surface area (Å²) in [7, 11) is 1.20. The van der Waals surface area contributed by atoms with Crippen molar-refractivity contribution in [2.75, 3.05) is 13.7 Å². The fourth-order valence-corrected chi connectivity index (χ4v) is 4.22. The lowest BCUT2D eigenvalue weighted by molar-refractivity contribution is -0.147. The lowest BCUT2D eigenvalue weighted by atomic mass is 9.98. The second kappa shape index (κ2) is 11.5. The minimum absolute atomic E-state index is 0.0128. The van der Waals surface area contributed by atoms with E-state index in [2.05, 4.69) is 10.6 Å². The number of nitrogens with one attached hydrogen (secondary N) is 2. The normalized spacial score (nSPS) is 14.6. The van der Waals surface area contributed by atoms with Gasteiger partial charge in [-0.3, -0.25) is 9.59 Å². The summed E-state index contributed by atoms with van der Waals surface area (Å²) in [6.45, 7) is 3.61. The van der Waals surface area contributed by atoms with E-state index in [0.29, 0.717) is 6.42 Å². The summed E-state index contributed by atoms with van der Waals surface area (Å²) in [6, 6.07) is 13.3. The zero-order valence-corrected chi connectivity index (χ0v) is 19.9. The summed E-state index contributed by atoms with van der Waals surface area (Å²) in [6.07, 6.45) is -1.03. The van der Waals surface area contributed by atoms with Gasteiger partial charge in [0, 0.05) is 5.92 Å². The van der Waals surface area contributed by atoms with E-state index in [0.717, 1.165) is 22.3 Å². The summed E-state index contributed by atoms with van der Waals surface area (Å²) < 4.78 is 10.2. The average Bonchev–Trinajstić information content (AvgIpc) is 3.18. The van der Waals surface area contributed by atoms with E-state index >= 15 is 0 Å². The molecule has 1 aliphatic carbocycles. The van der Waals surface area contributed by atoms with Gasteiger partial charge in [0.05, 0.1) is 13.5 Å². The van der Waals surface area contributed by atoms with Crippen molar-refractivity contribution < 1.29 is 33.8 Å². The van der Waals surface area contributed by atoms with Crippen molar-refractivity contribution in [1.82, 2.24) is 10.6 Å². The van der Waals surface area contributed by atoms with Gasteiger partial charge in [-0.1, -0.05) is 68.8 Å². The third-order valence-corrected chi connectivity index (χ3v) is 6.30. The molecule has 0 saturated heterocycles. The molecule has 0 radical (unpaired) electrons. The van der Waals surface area contributed by atoms with Gasteiger partial charge in [0.25, 0.3) is 0 Å². The van der Waals surface area contributed by atoms with Crippen molar-refractivity contribution in [3.8, 4) is 11.1 Å². The van der Waals surface area contributed by atoms with E-state index in [1.807, 2.05) is 55.5 Å². The van der Waals surface area contributed by atoms with E-state index in [1.54, 1.807) is 6.92 Å². The summed E-state index contributed by atoms with van der Waals surface area (Å²) >= 11 is 0. The summed E-state index contributed by atoms with van der Waals surface area (Å²) in [5.74, 6) is -3.19. The molecular formula is C26H30N2O7. The average molecular weight is 483 g/mol. The van der Waals surface area contributed by atoms with Crippen LogP contribution in [0.5, 0.6) is 0 Å². The van der Waals surface area contributed by atoms with Gasteiger partial charge >= 0.3 is 18.0 Å². The third-order valence-electron chi connectivity index (χ3n) is 6.30. The molecule has 3 unspecified atom stereocenters. The molecule has 9 nitrogen and oxygen atoms in total. The Kier molecular flexibility index (Phi) is 8.46. The van der Waals surface area contributed by atoms with Crippen molar-refractivity contribution in [2.45, 2.75) is 44.7 Å². The number of aliphatic carboxylic acids is 1. The number of rotatable bonds is 10. The monoisotopic (exact) mass is 482 g/mol. The molecule has 0 heterocycles. The van der Waals surface area contributed by atoms with Gasteiger partial charge in [-0.15, -0.1) is 0 Å². The highest BCUT2D eigenvalue weighted by atomic mass is 16.5. The van der Waals surface area contributed by atoms with Crippen LogP contribution < -0.4 is 10.6 Å². The highest BCUT2D eigenvalue weighted by Gasteiger charge is 2.33. The highest BCUT2D eigenvalue weighted by Crippen LogP contribution is 2.44. The van der Waals surface area contributed by atoms with Gasteiger partial charge in [-0.05, 0) is 28.2 Å². The number of benzene rings is 2. The van der Waals surface area contributed by atoms with Crippen LogP contribution in [-0.2, 0) is 23.9 Å². The van der Waals surface area contributed by atoms with Crippen molar-refractivity contribution in [2.24, 2.45) is 5.92 Å². The predicted molar refractivity (Wildman–Crippen MR) is 128 cm³/mol. The molecule has 2 aromatic carbocycles. The van der Waals surface area contributed by atoms with Gasteiger partial charge in [0.15, 0.2) is 0 Å². The first-order valence-electron chi connectivity index (χ1n) is 11.5. The number of hydrogen-bond acceptors (Lipinski definition) is 6. The maximum atomic E-state index is 12.8. The zero-order chi connectivity index (χ0) is 25.5.